The molecule has 5 heteroatoms. The Labute approximate surface area is 96.3 Å². The van der Waals surface area contributed by atoms with Gasteiger partial charge in [-0.2, -0.15) is 18.4 Å². The van der Waals surface area contributed by atoms with Crippen molar-refractivity contribution in [1.29, 1.82) is 5.26 Å². The summed E-state index contributed by atoms with van der Waals surface area (Å²) in [5.74, 6) is 0. The molecule has 0 atom stereocenters. The lowest BCUT2D eigenvalue weighted by molar-refractivity contribution is -0.0328. The fourth-order valence-electron chi connectivity index (χ4n) is 1.15. The van der Waals surface area contributed by atoms with Crippen LogP contribution in [0, 0.1) is 11.3 Å². The first-order valence-electron chi connectivity index (χ1n) is 4.52. The highest BCUT2D eigenvalue weighted by molar-refractivity contribution is 8.00. The molecular formula is C11H10F3NS. The number of hydrogen-bond donors (Lipinski definition) is 0. The summed E-state index contributed by atoms with van der Waals surface area (Å²) in [5.41, 5.74) is -4.48. The Morgan fingerprint density at radius 3 is 2.38 bits per heavy atom. The predicted octanol–water partition coefficient (Wildman–Crippen LogP) is 4.10. The minimum Gasteiger partial charge on any atom is -0.197 e. The van der Waals surface area contributed by atoms with Crippen LogP contribution >= 0.6 is 11.8 Å². The summed E-state index contributed by atoms with van der Waals surface area (Å²) in [7, 11) is 0. The van der Waals surface area contributed by atoms with Gasteiger partial charge in [0.25, 0.3) is 0 Å². The molecule has 0 amide bonds. The maximum absolute atomic E-state index is 12.1. The molecule has 0 saturated carbocycles. The number of alkyl halides is 3. The van der Waals surface area contributed by atoms with Crippen molar-refractivity contribution in [3.05, 3.63) is 29.8 Å². The van der Waals surface area contributed by atoms with Gasteiger partial charge in [0, 0.05) is 4.90 Å². The van der Waals surface area contributed by atoms with E-state index in [2.05, 4.69) is 6.07 Å². The number of benzene rings is 1. The fourth-order valence-corrected chi connectivity index (χ4v) is 1.75. The third-order valence-corrected chi connectivity index (χ3v) is 2.79. The molecule has 0 N–H and O–H groups in total. The molecule has 1 rings (SSSR count). The first-order valence-corrected chi connectivity index (χ1v) is 5.34. The van der Waals surface area contributed by atoms with Crippen LogP contribution in [-0.4, -0.2) is 5.51 Å². The second-order valence-electron chi connectivity index (χ2n) is 3.81. The molecule has 0 heterocycles. The summed E-state index contributed by atoms with van der Waals surface area (Å²) in [6, 6.07) is 8.03. The summed E-state index contributed by atoms with van der Waals surface area (Å²) in [6.07, 6.45) is 0. The van der Waals surface area contributed by atoms with Gasteiger partial charge in [-0.3, -0.25) is 0 Å². The van der Waals surface area contributed by atoms with E-state index in [4.69, 9.17) is 5.26 Å². The quantitative estimate of drug-likeness (QED) is 0.732. The van der Waals surface area contributed by atoms with Crippen molar-refractivity contribution < 1.29 is 13.2 Å². The van der Waals surface area contributed by atoms with Crippen molar-refractivity contribution >= 4 is 11.8 Å². The molecular weight excluding hydrogens is 235 g/mol. The number of hydrogen-bond acceptors (Lipinski definition) is 2. The molecule has 0 saturated heterocycles. The van der Waals surface area contributed by atoms with Crippen LogP contribution in [0.25, 0.3) is 0 Å². The SMILES string of the molecule is CC(C)(C#N)c1cccc(SC(F)(F)F)c1. The van der Waals surface area contributed by atoms with Crippen LogP contribution in [0.5, 0.6) is 0 Å². The van der Waals surface area contributed by atoms with Crippen LogP contribution in [0.1, 0.15) is 19.4 Å². The summed E-state index contributed by atoms with van der Waals surface area (Å²) >= 11 is -0.168. The second kappa shape index (κ2) is 4.38. The highest BCUT2D eigenvalue weighted by Crippen LogP contribution is 2.38. The van der Waals surface area contributed by atoms with E-state index in [1.807, 2.05) is 0 Å². The van der Waals surface area contributed by atoms with E-state index in [-0.39, 0.29) is 16.7 Å². The van der Waals surface area contributed by atoms with Gasteiger partial charge in [-0.25, -0.2) is 0 Å². The van der Waals surface area contributed by atoms with E-state index in [1.54, 1.807) is 19.9 Å². The Morgan fingerprint density at radius 2 is 1.88 bits per heavy atom. The molecule has 0 spiro atoms. The monoisotopic (exact) mass is 245 g/mol. The van der Waals surface area contributed by atoms with Gasteiger partial charge in [0.15, 0.2) is 0 Å². The average Bonchev–Trinajstić information content (AvgIpc) is 2.15. The van der Waals surface area contributed by atoms with Crippen molar-refractivity contribution in [2.45, 2.75) is 29.7 Å². The molecule has 0 aromatic heterocycles. The largest absolute Gasteiger partial charge is 0.446 e. The normalized spacial score (nSPS) is 12.2. The van der Waals surface area contributed by atoms with Crippen LogP contribution in [0.4, 0.5) is 13.2 Å². The highest BCUT2D eigenvalue weighted by atomic mass is 32.2. The molecule has 0 unspecified atom stereocenters. The van der Waals surface area contributed by atoms with Crippen molar-refractivity contribution in [3.63, 3.8) is 0 Å². The second-order valence-corrected chi connectivity index (χ2v) is 4.95. The van der Waals surface area contributed by atoms with Gasteiger partial charge >= 0.3 is 5.51 Å². The van der Waals surface area contributed by atoms with Gasteiger partial charge in [-0.05, 0) is 43.3 Å². The van der Waals surface area contributed by atoms with Gasteiger partial charge in [0.2, 0.25) is 0 Å². The minimum absolute atomic E-state index is 0.105. The van der Waals surface area contributed by atoms with Crippen LogP contribution in [0.15, 0.2) is 29.2 Å². The number of rotatable bonds is 2. The molecule has 0 aliphatic carbocycles. The van der Waals surface area contributed by atoms with Gasteiger partial charge < -0.3 is 0 Å². The lowest BCUT2D eigenvalue weighted by Gasteiger charge is -2.16. The van der Waals surface area contributed by atoms with Gasteiger partial charge in [-0.1, -0.05) is 12.1 Å². The van der Waals surface area contributed by atoms with Crippen LogP contribution in [-0.2, 0) is 5.41 Å². The summed E-state index contributed by atoms with van der Waals surface area (Å²) in [5, 5.41) is 8.89. The van der Waals surface area contributed by atoms with Crippen LogP contribution in [0.2, 0.25) is 0 Å². The first-order chi connectivity index (χ1) is 7.24. The van der Waals surface area contributed by atoms with E-state index in [9.17, 15) is 13.2 Å². The Hall–Kier alpha value is -1.15. The van der Waals surface area contributed by atoms with Crippen molar-refractivity contribution in [1.82, 2.24) is 0 Å². The molecule has 0 aliphatic heterocycles. The zero-order chi connectivity index (χ0) is 12.4. The Balaban J connectivity index is 3.02. The topological polar surface area (TPSA) is 23.8 Å². The van der Waals surface area contributed by atoms with Crippen molar-refractivity contribution in [2.24, 2.45) is 0 Å². The van der Waals surface area contributed by atoms with Gasteiger partial charge in [-0.15, -0.1) is 0 Å². The van der Waals surface area contributed by atoms with Crippen LogP contribution < -0.4 is 0 Å². The number of nitrogens with zero attached hydrogens (tertiary/aromatic N) is 1. The third-order valence-electron chi connectivity index (χ3n) is 2.07. The Kier molecular flexibility index (Phi) is 3.54. The van der Waals surface area contributed by atoms with E-state index >= 15 is 0 Å². The maximum Gasteiger partial charge on any atom is 0.446 e. The van der Waals surface area contributed by atoms with Crippen molar-refractivity contribution in [3.8, 4) is 6.07 Å². The summed E-state index contributed by atoms with van der Waals surface area (Å²) in [6.45, 7) is 3.34. The molecule has 0 fully saturated rings. The zero-order valence-corrected chi connectivity index (χ0v) is 9.62. The molecule has 1 aromatic rings. The fraction of sp³-hybridized carbons (Fsp3) is 0.364. The van der Waals surface area contributed by atoms with E-state index in [0.717, 1.165) is 0 Å². The minimum atomic E-state index is -4.30. The number of nitriles is 1. The smallest absolute Gasteiger partial charge is 0.197 e. The average molecular weight is 245 g/mol. The standard InChI is InChI=1S/C11H10F3NS/c1-10(2,7-15)8-4-3-5-9(6-8)16-11(12,13)14/h3-6H,1-2H3. The number of halogens is 3. The molecule has 1 nitrogen and oxygen atoms in total. The molecule has 1 aromatic carbocycles. The third kappa shape index (κ3) is 3.46. The molecule has 0 bridgehead atoms. The summed E-state index contributed by atoms with van der Waals surface area (Å²) in [4.78, 5) is 0.105. The maximum atomic E-state index is 12.1. The molecule has 86 valence electrons. The first kappa shape index (κ1) is 12.9. The van der Waals surface area contributed by atoms with E-state index < -0.39 is 10.9 Å². The lowest BCUT2D eigenvalue weighted by Crippen LogP contribution is -2.13. The van der Waals surface area contributed by atoms with E-state index in [1.165, 1.54) is 18.2 Å². The molecule has 0 radical (unpaired) electrons. The van der Waals surface area contributed by atoms with E-state index in [0.29, 0.717) is 5.56 Å². The molecule has 16 heavy (non-hydrogen) atoms. The number of thioether (sulfide) groups is 1. The zero-order valence-electron chi connectivity index (χ0n) is 8.80. The Bertz CT molecular complexity index is 418. The predicted molar refractivity (Wildman–Crippen MR) is 57.0 cm³/mol. The Morgan fingerprint density at radius 1 is 1.25 bits per heavy atom. The van der Waals surface area contributed by atoms with Gasteiger partial charge in [0.1, 0.15) is 0 Å². The lowest BCUT2D eigenvalue weighted by atomic mass is 9.86. The van der Waals surface area contributed by atoms with Gasteiger partial charge in [0.05, 0.1) is 11.5 Å². The highest BCUT2D eigenvalue weighted by Gasteiger charge is 2.30. The van der Waals surface area contributed by atoms with Crippen LogP contribution in [0.3, 0.4) is 0 Å². The molecule has 0 aliphatic rings. The summed E-state index contributed by atoms with van der Waals surface area (Å²) < 4.78 is 36.4. The van der Waals surface area contributed by atoms with Crippen molar-refractivity contribution in [2.75, 3.05) is 0 Å².